The molecule has 2 N–H and O–H groups in total. The van der Waals surface area contributed by atoms with Crippen LogP contribution in [0, 0.1) is 0 Å². The predicted octanol–water partition coefficient (Wildman–Crippen LogP) is 0.194. The number of halogens is 1. The van der Waals surface area contributed by atoms with E-state index in [-0.39, 0.29) is 18.0 Å². The molecule has 2 aromatic rings. The van der Waals surface area contributed by atoms with Gasteiger partial charge in [0.05, 0.1) is 5.56 Å². The molecule has 1 saturated carbocycles. The molecule has 0 saturated heterocycles. The number of carbonyl (C=O) groups excluding carboxylic acids is 1. The molecule has 1 aliphatic carbocycles. The van der Waals surface area contributed by atoms with Gasteiger partial charge in [0.15, 0.2) is 18.0 Å². The standard InChI is InChI=1S/C17H15FN2O6/c18-17(8-10(17)25-15(24)9-4-2-1-3-5-9)13(22)12-14(23)20-7-6-11(21)19-16(20)26-12/h1-7,10,12-14,22-23H,8H2/t10?,12?,13-,14+,17-/m0/s1. The molecule has 136 valence electrons. The van der Waals surface area contributed by atoms with Crippen LogP contribution in [0.4, 0.5) is 4.39 Å². The number of ether oxygens (including phenoxy) is 2. The summed E-state index contributed by atoms with van der Waals surface area (Å²) in [7, 11) is 0. The van der Waals surface area contributed by atoms with E-state index in [1.807, 2.05) is 0 Å². The minimum atomic E-state index is -2.25. The van der Waals surface area contributed by atoms with Gasteiger partial charge in [0.2, 0.25) is 0 Å². The molecule has 4 rings (SSSR count). The fourth-order valence-electron chi connectivity index (χ4n) is 2.97. The number of aliphatic hydroxyl groups excluding tert-OH is 2. The SMILES string of the molecule is O=C(OC1C[C@@]1(F)[C@@H](O)C1Oc2nc(=O)ccn2[C@@H]1O)c1ccccc1. The van der Waals surface area contributed by atoms with Crippen LogP contribution >= 0.6 is 0 Å². The zero-order valence-corrected chi connectivity index (χ0v) is 13.4. The normalized spacial score (nSPS) is 30.2. The highest BCUT2D eigenvalue weighted by atomic mass is 19.1. The topological polar surface area (TPSA) is 111 Å². The summed E-state index contributed by atoms with van der Waals surface area (Å²) in [4.78, 5) is 26.8. The number of hydrogen-bond acceptors (Lipinski definition) is 7. The monoisotopic (exact) mass is 362 g/mol. The van der Waals surface area contributed by atoms with Crippen molar-refractivity contribution in [2.24, 2.45) is 0 Å². The lowest BCUT2D eigenvalue weighted by molar-refractivity contribution is -0.0883. The molecular formula is C17H15FN2O6. The van der Waals surface area contributed by atoms with Gasteiger partial charge in [0, 0.05) is 18.7 Å². The Kier molecular flexibility index (Phi) is 3.78. The van der Waals surface area contributed by atoms with Crippen molar-refractivity contribution in [3.8, 4) is 6.01 Å². The van der Waals surface area contributed by atoms with Gasteiger partial charge in [-0.15, -0.1) is 0 Å². The summed E-state index contributed by atoms with van der Waals surface area (Å²) in [6.07, 6.45) is -4.71. The van der Waals surface area contributed by atoms with Crippen LogP contribution in [0.15, 0.2) is 47.4 Å². The quantitative estimate of drug-likeness (QED) is 0.747. The van der Waals surface area contributed by atoms with Crippen molar-refractivity contribution < 1.29 is 28.9 Å². The molecule has 2 aliphatic rings. The third-order valence-corrected chi connectivity index (χ3v) is 4.56. The second kappa shape index (κ2) is 5.89. The highest BCUT2D eigenvalue weighted by Crippen LogP contribution is 2.49. The van der Waals surface area contributed by atoms with E-state index < -0.39 is 41.7 Å². The Morgan fingerprint density at radius 3 is 2.85 bits per heavy atom. The van der Waals surface area contributed by atoms with Gasteiger partial charge in [-0.25, -0.2) is 9.18 Å². The fraction of sp³-hybridized carbons (Fsp3) is 0.353. The predicted molar refractivity (Wildman–Crippen MR) is 84.3 cm³/mol. The van der Waals surface area contributed by atoms with Crippen LogP contribution in [0.25, 0.3) is 0 Å². The van der Waals surface area contributed by atoms with Crippen LogP contribution < -0.4 is 10.3 Å². The summed E-state index contributed by atoms with van der Waals surface area (Å²) in [5.74, 6) is -0.703. The average Bonchev–Trinajstić information content (AvgIpc) is 3.18. The molecule has 1 aliphatic heterocycles. The van der Waals surface area contributed by atoms with Crippen molar-refractivity contribution in [1.29, 1.82) is 0 Å². The fourth-order valence-corrected chi connectivity index (χ4v) is 2.97. The Morgan fingerprint density at radius 2 is 2.12 bits per heavy atom. The van der Waals surface area contributed by atoms with E-state index in [9.17, 15) is 24.2 Å². The zero-order valence-electron chi connectivity index (χ0n) is 13.4. The summed E-state index contributed by atoms with van der Waals surface area (Å²) >= 11 is 0. The van der Waals surface area contributed by atoms with E-state index in [0.717, 1.165) is 10.6 Å². The van der Waals surface area contributed by atoms with E-state index >= 15 is 0 Å². The number of benzene rings is 1. The number of esters is 1. The Balaban J connectivity index is 1.45. The van der Waals surface area contributed by atoms with E-state index in [2.05, 4.69) is 4.98 Å². The molecule has 5 atom stereocenters. The van der Waals surface area contributed by atoms with Gasteiger partial charge in [0.1, 0.15) is 12.2 Å². The number of nitrogens with zero attached hydrogens (tertiary/aromatic N) is 2. The molecule has 1 aromatic carbocycles. The third kappa shape index (κ3) is 2.65. The number of hydrogen-bond donors (Lipinski definition) is 2. The second-order valence-electron chi connectivity index (χ2n) is 6.29. The van der Waals surface area contributed by atoms with Gasteiger partial charge in [-0.1, -0.05) is 18.2 Å². The van der Waals surface area contributed by atoms with Crippen molar-refractivity contribution >= 4 is 5.97 Å². The number of aromatic nitrogens is 2. The molecule has 26 heavy (non-hydrogen) atoms. The molecule has 8 nitrogen and oxygen atoms in total. The van der Waals surface area contributed by atoms with Crippen LogP contribution in [0.5, 0.6) is 6.01 Å². The lowest BCUT2D eigenvalue weighted by atomic mass is 10.1. The molecule has 1 fully saturated rings. The molecule has 2 unspecified atom stereocenters. The molecule has 0 spiro atoms. The van der Waals surface area contributed by atoms with Crippen molar-refractivity contribution in [2.75, 3.05) is 0 Å². The number of rotatable bonds is 4. The Morgan fingerprint density at radius 1 is 1.38 bits per heavy atom. The van der Waals surface area contributed by atoms with Crippen molar-refractivity contribution in [1.82, 2.24) is 9.55 Å². The van der Waals surface area contributed by atoms with E-state index in [4.69, 9.17) is 9.47 Å². The van der Waals surface area contributed by atoms with Gasteiger partial charge >= 0.3 is 12.0 Å². The summed E-state index contributed by atoms with van der Waals surface area (Å²) in [5.41, 5.74) is -2.57. The smallest absolute Gasteiger partial charge is 0.338 e. The second-order valence-corrected chi connectivity index (χ2v) is 6.29. The minimum Gasteiger partial charge on any atom is -0.455 e. The first-order valence-electron chi connectivity index (χ1n) is 7.97. The van der Waals surface area contributed by atoms with Crippen LogP contribution in [-0.2, 0) is 4.74 Å². The van der Waals surface area contributed by atoms with E-state index in [0.29, 0.717) is 0 Å². The first-order valence-corrected chi connectivity index (χ1v) is 7.97. The van der Waals surface area contributed by atoms with Gasteiger partial charge in [0.25, 0.3) is 5.56 Å². The van der Waals surface area contributed by atoms with Gasteiger partial charge in [-0.05, 0) is 12.1 Å². The lowest BCUT2D eigenvalue weighted by Crippen LogP contribution is -2.44. The molecule has 0 bridgehead atoms. The van der Waals surface area contributed by atoms with E-state index in [1.54, 1.807) is 18.2 Å². The highest BCUT2D eigenvalue weighted by molar-refractivity contribution is 5.89. The van der Waals surface area contributed by atoms with Crippen molar-refractivity contribution in [3.63, 3.8) is 0 Å². The van der Waals surface area contributed by atoms with Crippen LogP contribution in [0.1, 0.15) is 23.0 Å². The van der Waals surface area contributed by atoms with Gasteiger partial charge in [-0.3, -0.25) is 9.36 Å². The molecule has 2 heterocycles. The number of carbonyl (C=O) groups is 1. The number of fused-ring (bicyclic) bond motifs is 1. The van der Waals surface area contributed by atoms with Crippen molar-refractivity contribution in [3.05, 3.63) is 58.5 Å². The largest absolute Gasteiger partial charge is 0.455 e. The maximum Gasteiger partial charge on any atom is 0.338 e. The first-order chi connectivity index (χ1) is 12.4. The molecule has 9 heteroatoms. The van der Waals surface area contributed by atoms with Crippen LogP contribution in [0.2, 0.25) is 0 Å². The minimum absolute atomic E-state index is 0.212. The maximum atomic E-state index is 15.0. The van der Waals surface area contributed by atoms with Crippen LogP contribution in [-0.4, -0.2) is 49.7 Å². The summed E-state index contributed by atoms with van der Waals surface area (Å²) in [6.45, 7) is 0. The van der Waals surface area contributed by atoms with Gasteiger partial charge < -0.3 is 19.7 Å². The highest BCUT2D eigenvalue weighted by Gasteiger charge is 2.67. The number of alkyl halides is 1. The van der Waals surface area contributed by atoms with Crippen LogP contribution in [0.3, 0.4) is 0 Å². The lowest BCUT2D eigenvalue weighted by Gasteiger charge is -2.23. The summed E-state index contributed by atoms with van der Waals surface area (Å²) in [5, 5.41) is 20.5. The maximum absolute atomic E-state index is 15.0. The Hall–Kier alpha value is -2.78. The average molecular weight is 362 g/mol. The summed E-state index contributed by atoms with van der Waals surface area (Å²) < 4.78 is 26.4. The molecule has 1 aromatic heterocycles. The zero-order chi connectivity index (χ0) is 18.5. The first kappa shape index (κ1) is 16.7. The summed E-state index contributed by atoms with van der Waals surface area (Å²) in [6, 6.07) is 8.99. The third-order valence-electron chi connectivity index (χ3n) is 4.56. The Labute approximate surface area is 146 Å². The van der Waals surface area contributed by atoms with E-state index in [1.165, 1.54) is 18.3 Å². The Bertz CT molecular complexity index is 904. The number of aliphatic hydroxyl groups is 2. The molecule has 0 amide bonds. The molecular weight excluding hydrogens is 347 g/mol. The van der Waals surface area contributed by atoms with Crippen molar-refractivity contribution in [2.45, 2.75) is 36.6 Å². The van der Waals surface area contributed by atoms with Gasteiger partial charge in [-0.2, -0.15) is 4.98 Å². The molecule has 0 radical (unpaired) electrons.